The van der Waals surface area contributed by atoms with Gasteiger partial charge in [-0.2, -0.15) is 0 Å². The SMILES string of the molecule is Cc1ccc(C)c(C(=O)N[C@@H](CCO[C@H]2C[C@@H](CCc3ccc4c(n3)NCCC4)C2)C(=O)O)n1. The van der Waals surface area contributed by atoms with E-state index in [1.165, 1.54) is 12.0 Å². The lowest BCUT2D eigenvalue weighted by Crippen LogP contribution is -2.42. The van der Waals surface area contributed by atoms with Crippen molar-refractivity contribution in [1.29, 1.82) is 0 Å². The van der Waals surface area contributed by atoms with Crippen molar-refractivity contribution in [3.05, 3.63) is 52.5 Å². The molecule has 8 nitrogen and oxygen atoms in total. The van der Waals surface area contributed by atoms with Crippen LogP contribution in [0.3, 0.4) is 0 Å². The first kappa shape index (κ1) is 24.1. The van der Waals surface area contributed by atoms with Crippen molar-refractivity contribution in [1.82, 2.24) is 15.3 Å². The van der Waals surface area contributed by atoms with Gasteiger partial charge in [0.25, 0.3) is 5.91 Å². The molecule has 0 bridgehead atoms. The number of carboxylic acids is 1. The standard InChI is InChI=1S/C26H34N4O4/c1-16-5-6-17(2)28-23(16)25(31)30-22(26(32)33)11-13-34-21-14-18(15-21)7-9-20-10-8-19-4-3-12-27-24(19)29-20/h5-6,8,10,18,21-22H,3-4,7,9,11-15H2,1-2H3,(H,27,29)(H,30,31)(H,32,33)/t18-,21+,22-/m0/s1. The Bertz CT molecular complexity index is 1040. The predicted molar refractivity (Wildman–Crippen MR) is 129 cm³/mol. The number of aromatic nitrogens is 2. The van der Waals surface area contributed by atoms with Gasteiger partial charge in [0.05, 0.1) is 6.10 Å². The summed E-state index contributed by atoms with van der Waals surface area (Å²) in [4.78, 5) is 33.2. The van der Waals surface area contributed by atoms with E-state index in [-0.39, 0.29) is 18.2 Å². The topological polar surface area (TPSA) is 113 Å². The fraction of sp³-hybridized carbons (Fsp3) is 0.538. The van der Waals surface area contributed by atoms with Crippen molar-refractivity contribution in [3.63, 3.8) is 0 Å². The van der Waals surface area contributed by atoms with E-state index in [0.717, 1.165) is 50.2 Å². The Kier molecular flexibility index (Phi) is 7.77. The summed E-state index contributed by atoms with van der Waals surface area (Å²) in [7, 11) is 0. The second kappa shape index (κ2) is 11.0. The zero-order valence-electron chi connectivity index (χ0n) is 20.0. The monoisotopic (exact) mass is 466 g/mol. The average molecular weight is 467 g/mol. The summed E-state index contributed by atoms with van der Waals surface area (Å²) in [6.45, 7) is 4.88. The van der Waals surface area contributed by atoms with E-state index in [2.05, 4.69) is 27.8 Å². The number of anilines is 1. The van der Waals surface area contributed by atoms with E-state index in [9.17, 15) is 14.7 Å². The van der Waals surface area contributed by atoms with Crippen LogP contribution in [0.25, 0.3) is 0 Å². The number of rotatable bonds is 10. The Morgan fingerprint density at radius 2 is 2.03 bits per heavy atom. The van der Waals surface area contributed by atoms with Gasteiger partial charge in [-0.1, -0.05) is 12.1 Å². The molecule has 1 amide bonds. The molecule has 1 saturated carbocycles. The first-order chi connectivity index (χ1) is 16.4. The quantitative estimate of drug-likeness (QED) is 0.491. The molecule has 0 aromatic carbocycles. The molecule has 2 aliphatic rings. The number of fused-ring (bicyclic) bond motifs is 1. The summed E-state index contributed by atoms with van der Waals surface area (Å²) in [5, 5.41) is 15.5. The predicted octanol–water partition coefficient (Wildman–Crippen LogP) is 3.45. The van der Waals surface area contributed by atoms with Gasteiger partial charge in [-0.25, -0.2) is 14.8 Å². The Hall–Kier alpha value is -3.00. The molecule has 3 N–H and O–H groups in total. The molecule has 0 spiro atoms. The highest BCUT2D eigenvalue weighted by Crippen LogP contribution is 2.34. The molecule has 1 aliphatic carbocycles. The molecule has 4 rings (SSSR count). The molecule has 2 aromatic heterocycles. The molecule has 0 unspecified atom stereocenters. The Labute approximate surface area is 200 Å². The second-order valence-corrected chi connectivity index (χ2v) is 9.48. The van der Waals surface area contributed by atoms with Gasteiger partial charge in [-0.15, -0.1) is 0 Å². The summed E-state index contributed by atoms with van der Waals surface area (Å²) in [5.41, 5.74) is 4.14. The molecule has 3 heterocycles. The average Bonchev–Trinajstić information content (AvgIpc) is 2.80. The zero-order valence-corrected chi connectivity index (χ0v) is 20.0. The number of nitrogens with zero attached hydrogens (tertiary/aromatic N) is 2. The molecule has 8 heteroatoms. The third kappa shape index (κ3) is 6.11. The van der Waals surface area contributed by atoms with Crippen LogP contribution in [0.1, 0.15) is 65.1 Å². The van der Waals surface area contributed by atoms with Crippen LogP contribution in [-0.4, -0.2) is 52.2 Å². The minimum atomic E-state index is -1.07. The number of aryl methyl sites for hydroxylation is 4. The first-order valence-corrected chi connectivity index (χ1v) is 12.2. The molecule has 1 fully saturated rings. The van der Waals surface area contributed by atoms with Gasteiger partial charge in [0.1, 0.15) is 17.6 Å². The maximum Gasteiger partial charge on any atom is 0.326 e. The summed E-state index contributed by atoms with van der Waals surface area (Å²) in [6.07, 6.45) is 6.67. The smallest absolute Gasteiger partial charge is 0.326 e. The lowest BCUT2D eigenvalue weighted by Gasteiger charge is -2.35. The number of carboxylic acid groups (broad SMARTS) is 1. The molecule has 0 radical (unpaired) electrons. The fourth-order valence-corrected chi connectivity index (χ4v) is 4.60. The zero-order chi connectivity index (χ0) is 24.1. The number of amides is 1. The highest BCUT2D eigenvalue weighted by molar-refractivity contribution is 5.96. The van der Waals surface area contributed by atoms with Gasteiger partial charge >= 0.3 is 5.97 Å². The van der Waals surface area contributed by atoms with Crippen LogP contribution in [0.5, 0.6) is 0 Å². The second-order valence-electron chi connectivity index (χ2n) is 9.48. The van der Waals surface area contributed by atoms with Gasteiger partial charge in [0.15, 0.2) is 0 Å². The Morgan fingerprint density at radius 1 is 1.21 bits per heavy atom. The van der Waals surface area contributed by atoms with Crippen LogP contribution < -0.4 is 10.6 Å². The maximum atomic E-state index is 12.5. The van der Waals surface area contributed by atoms with Gasteiger partial charge in [-0.3, -0.25) is 4.79 Å². The molecule has 1 atom stereocenters. The molecular weight excluding hydrogens is 432 g/mol. The van der Waals surface area contributed by atoms with Gasteiger partial charge in [0, 0.05) is 31.0 Å². The largest absolute Gasteiger partial charge is 0.480 e. The summed E-state index contributed by atoms with van der Waals surface area (Å²) >= 11 is 0. The number of hydrogen-bond donors (Lipinski definition) is 3. The van der Waals surface area contributed by atoms with Crippen LogP contribution >= 0.6 is 0 Å². The van der Waals surface area contributed by atoms with Crippen molar-refractivity contribution in [2.24, 2.45) is 5.92 Å². The molecule has 1 aliphatic heterocycles. The van der Waals surface area contributed by atoms with Crippen LogP contribution in [0.4, 0.5) is 5.82 Å². The number of aliphatic carboxylic acids is 1. The molecule has 34 heavy (non-hydrogen) atoms. The molecule has 0 saturated heterocycles. The number of nitrogens with one attached hydrogen (secondary N) is 2. The van der Waals surface area contributed by atoms with Crippen LogP contribution in [0.15, 0.2) is 24.3 Å². The third-order valence-electron chi connectivity index (χ3n) is 6.77. The summed E-state index contributed by atoms with van der Waals surface area (Å²) in [6, 6.07) is 6.97. The van der Waals surface area contributed by atoms with Crippen LogP contribution in [0.2, 0.25) is 0 Å². The van der Waals surface area contributed by atoms with Crippen molar-refractivity contribution in [3.8, 4) is 0 Å². The Balaban J connectivity index is 1.16. The van der Waals surface area contributed by atoms with Crippen LogP contribution in [-0.2, 0) is 22.4 Å². The maximum absolute atomic E-state index is 12.5. The number of pyridine rings is 2. The van der Waals surface area contributed by atoms with E-state index in [0.29, 0.717) is 23.8 Å². The number of ether oxygens (including phenoxy) is 1. The van der Waals surface area contributed by atoms with Gasteiger partial charge in [0.2, 0.25) is 0 Å². The number of carbonyl (C=O) groups is 2. The molecule has 2 aromatic rings. The van der Waals surface area contributed by atoms with Crippen molar-refractivity contribution < 1.29 is 19.4 Å². The minimum absolute atomic E-state index is 0.161. The lowest BCUT2D eigenvalue weighted by molar-refractivity contribution is -0.140. The van der Waals surface area contributed by atoms with Crippen LogP contribution in [0, 0.1) is 19.8 Å². The summed E-state index contributed by atoms with van der Waals surface area (Å²) < 4.78 is 5.89. The number of hydrogen-bond acceptors (Lipinski definition) is 6. The first-order valence-electron chi connectivity index (χ1n) is 12.2. The van der Waals surface area contributed by atoms with Gasteiger partial charge in [-0.05, 0) is 81.5 Å². The van der Waals surface area contributed by atoms with Crippen molar-refractivity contribution >= 4 is 17.7 Å². The minimum Gasteiger partial charge on any atom is -0.480 e. The van der Waals surface area contributed by atoms with E-state index in [4.69, 9.17) is 9.72 Å². The van der Waals surface area contributed by atoms with Crippen molar-refractivity contribution in [2.75, 3.05) is 18.5 Å². The highest BCUT2D eigenvalue weighted by atomic mass is 16.5. The van der Waals surface area contributed by atoms with E-state index < -0.39 is 17.9 Å². The van der Waals surface area contributed by atoms with E-state index in [1.54, 1.807) is 13.8 Å². The number of carbonyl (C=O) groups excluding carboxylic acids is 1. The van der Waals surface area contributed by atoms with Gasteiger partial charge < -0.3 is 20.5 Å². The molecular formula is C26H34N4O4. The third-order valence-corrected chi connectivity index (χ3v) is 6.77. The summed E-state index contributed by atoms with van der Waals surface area (Å²) in [5.74, 6) is 0.122. The fourth-order valence-electron chi connectivity index (χ4n) is 4.60. The molecule has 182 valence electrons. The highest BCUT2D eigenvalue weighted by Gasteiger charge is 2.30. The van der Waals surface area contributed by atoms with E-state index >= 15 is 0 Å². The van der Waals surface area contributed by atoms with E-state index in [1.807, 2.05) is 12.1 Å². The van der Waals surface area contributed by atoms with Crippen molar-refractivity contribution in [2.45, 2.75) is 70.9 Å². The lowest BCUT2D eigenvalue weighted by atomic mass is 9.79. The Morgan fingerprint density at radius 3 is 2.82 bits per heavy atom. The normalized spacial score (nSPS) is 19.9.